The van der Waals surface area contributed by atoms with Crippen LogP contribution >= 0.6 is 24.0 Å². The SMILES string of the molecule is CCNC(=NCc1ccc(OC)c(NC(C)=O)c1)NCCOc1ccccc1.I. The normalized spacial score (nSPS) is 10.5. The Morgan fingerprint density at radius 3 is 2.52 bits per heavy atom. The van der Waals surface area contributed by atoms with Gasteiger partial charge in [-0.2, -0.15) is 0 Å². The lowest BCUT2D eigenvalue weighted by atomic mass is 10.2. The van der Waals surface area contributed by atoms with Gasteiger partial charge in [-0.05, 0) is 36.8 Å². The molecule has 0 heterocycles. The monoisotopic (exact) mass is 512 g/mol. The van der Waals surface area contributed by atoms with Crippen LogP contribution in [0.4, 0.5) is 5.69 Å². The van der Waals surface area contributed by atoms with Crippen LogP contribution in [0.1, 0.15) is 19.4 Å². The standard InChI is InChI=1S/C21H28N4O3.HI/c1-4-22-21(23-12-13-28-18-8-6-5-7-9-18)24-15-17-10-11-20(27-3)19(14-17)25-16(2)26;/h5-11,14H,4,12-13,15H2,1-3H3,(H,25,26)(H2,22,23,24);1H. The molecule has 8 heteroatoms. The molecule has 0 saturated heterocycles. The third-order valence-corrected chi connectivity index (χ3v) is 3.74. The Bertz CT molecular complexity index is 785. The number of methoxy groups -OCH3 is 1. The molecule has 2 rings (SSSR count). The van der Waals surface area contributed by atoms with Crippen molar-refractivity contribution < 1.29 is 14.3 Å². The number of ether oxygens (including phenoxy) is 2. The Morgan fingerprint density at radius 2 is 1.86 bits per heavy atom. The van der Waals surface area contributed by atoms with Gasteiger partial charge in [-0.15, -0.1) is 24.0 Å². The molecule has 0 aliphatic heterocycles. The lowest BCUT2D eigenvalue weighted by molar-refractivity contribution is -0.114. The number of benzene rings is 2. The van der Waals surface area contributed by atoms with Gasteiger partial charge in [0.15, 0.2) is 5.96 Å². The number of guanidine groups is 1. The molecule has 2 aromatic carbocycles. The van der Waals surface area contributed by atoms with E-state index >= 15 is 0 Å². The molecule has 0 spiro atoms. The zero-order valence-electron chi connectivity index (χ0n) is 17.0. The van der Waals surface area contributed by atoms with Crippen LogP contribution in [-0.2, 0) is 11.3 Å². The van der Waals surface area contributed by atoms with E-state index in [1.807, 2.05) is 55.5 Å². The first-order valence-corrected chi connectivity index (χ1v) is 9.27. The van der Waals surface area contributed by atoms with Gasteiger partial charge in [0.25, 0.3) is 0 Å². The third-order valence-electron chi connectivity index (χ3n) is 3.74. The number of para-hydroxylation sites is 1. The van der Waals surface area contributed by atoms with Crippen molar-refractivity contribution in [3.05, 3.63) is 54.1 Å². The summed E-state index contributed by atoms with van der Waals surface area (Å²) in [7, 11) is 1.57. The summed E-state index contributed by atoms with van der Waals surface area (Å²) in [6.45, 7) is 5.86. The fourth-order valence-corrected chi connectivity index (χ4v) is 2.51. The first-order valence-electron chi connectivity index (χ1n) is 9.27. The van der Waals surface area contributed by atoms with E-state index in [1.165, 1.54) is 6.92 Å². The molecule has 0 fully saturated rings. The van der Waals surface area contributed by atoms with Gasteiger partial charge in [-0.1, -0.05) is 24.3 Å². The lowest BCUT2D eigenvalue weighted by Gasteiger charge is -2.13. The van der Waals surface area contributed by atoms with Crippen LogP contribution < -0.4 is 25.4 Å². The second-order valence-corrected chi connectivity index (χ2v) is 6.00. The summed E-state index contributed by atoms with van der Waals surface area (Å²) >= 11 is 0. The Labute approximate surface area is 189 Å². The summed E-state index contributed by atoms with van der Waals surface area (Å²) in [6.07, 6.45) is 0. The maximum atomic E-state index is 11.4. The van der Waals surface area contributed by atoms with Gasteiger partial charge in [-0.25, -0.2) is 4.99 Å². The number of carbonyl (C=O) groups excluding carboxylic acids is 1. The highest BCUT2D eigenvalue weighted by atomic mass is 127. The van der Waals surface area contributed by atoms with Crippen molar-refractivity contribution in [1.82, 2.24) is 10.6 Å². The van der Waals surface area contributed by atoms with Crippen molar-refractivity contribution in [1.29, 1.82) is 0 Å². The number of nitrogens with one attached hydrogen (secondary N) is 3. The first-order chi connectivity index (χ1) is 13.6. The van der Waals surface area contributed by atoms with Crippen LogP contribution in [-0.4, -0.2) is 38.7 Å². The molecule has 0 unspecified atom stereocenters. The average molecular weight is 512 g/mol. The van der Waals surface area contributed by atoms with Gasteiger partial charge in [0.2, 0.25) is 5.91 Å². The highest BCUT2D eigenvalue weighted by Gasteiger charge is 2.06. The van der Waals surface area contributed by atoms with Crippen LogP contribution in [0.25, 0.3) is 0 Å². The average Bonchev–Trinajstić information content (AvgIpc) is 2.69. The van der Waals surface area contributed by atoms with E-state index in [2.05, 4.69) is 20.9 Å². The van der Waals surface area contributed by atoms with Crippen molar-refractivity contribution in [2.75, 3.05) is 32.1 Å². The molecule has 2 aromatic rings. The molecule has 0 radical (unpaired) electrons. The van der Waals surface area contributed by atoms with Gasteiger partial charge in [0.1, 0.15) is 18.1 Å². The summed E-state index contributed by atoms with van der Waals surface area (Å²) in [6, 6.07) is 15.3. The van der Waals surface area contributed by atoms with E-state index in [0.29, 0.717) is 37.1 Å². The minimum Gasteiger partial charge on any atom is -0.495 e. The molecule has 1 amide bonds. The van der Waals surface area contributed by atoms with E-state index in [-0.39, 0.29) is 29.9 Å². The van der Waals surface area contributed by atoms with Gasteiger partial charge >= 0.3 is 0 Å². The van der Waals surface area contributed by atoms with Gasteiger partial charge in [0, 0.05) is 13.5 Å². The highest BCUT2D eigenvalue weighted by Crippen LogP contribution is 2.25. The van der Waals surface area contributed by atoms with E-state index < -0.39 is 0 Å². The molecule has 7 nitrogen and oxygen atoms in total. The largest absolute Gasteiger partial charge is 0.495 e. The summed E-state index contributed by atoms with van der Waals surface area (Å²) in [5.74, 6) is 2.02. The number of aliphatic imine (C=N–C) groups is 1. The lowest BCUT2D eigenvalue weighted by Crippen LogP contribution is -2.39. The Kier molecular flexibility index (Phi) is 11.6. The fraction of sp³-hybridized carbons (Fsp3) is 0.333. The summed E-state index contributed by atoms with van der Waals surface area (Å²) in [5.41, 5.74) is 1.60. The summed E-state index contributed by atoms with van der Waals surface area (Å²) in [5, 5.41) is 9.23. The van der Waals surface area contributed by atoms with E-state index in [4.69, 9.17) is 9.47 Å². The molecule has 29 heavy (non-hydrogen) atoms. The molecule has 0 bridgehead atoms. The van der Waals surface area contributed by atoms with Crippen LogP contribution in [0, 0.1) is 0 Å². The van der Waals surface area contributed by atoms with Crippen LogP contribution in [0.15, 0.2) is 53.5 Å². The number of anilines is 1. The molecule has 0 atom stereocenters. The number of hydrogen-bond donors (Lipinski definition) is 3. The van der Waals surface area contributed by atoms with Crippen molar-refractivity contribution in [3.8, 4) is 11.5 Å². The number of hydrogen-bond acceptors (Lipinski definition) is 4. The number of halogens is 1. The maximum absolute atomic E-state index is 11.4. The van der Waals surface area contributed by atoms with Crippen molar-refractivity contribution in [3.63, 3.8) is 0 Å². The topological polar surface area (TPSA) is 84.0 Å². The quantitative estimate of drug-likeness (QED) is 0.208. The first kappa shape index (κ1) is 24.5. The molecule has 0 aliphatic rings. The predicted octanol–water partition coefficient (Wildman–Crippen LogP) is 3.41. The molecular weight excluding hydrogens is 483 g/mol. The summed E-state index contributed by atoms with van der Waals surface area (Å²) in [4.78, 5) is 16.0. The second-order valence-electron chi connectivity index (χ2n) is 6.00. The smallest absolute Gasteiger partial charge is 0.221 e. The minimum absolute atomic E-state index is 0. The van der Waals surface area contributed by atoms with Crippen LogP contribution in [0.3, 0.4) is 0 Å². The van der Waals surface area contributed by atoms with Gasteiger partial charge < -0.3 is 25.4 Å². The zero-order chi connectivity index (χ0) is 20.2. The fourth-order valence-electron chi connectivity index (χ4n) is 2.51. The number of amides is 1. The highest BCUT2D eigenvalue weighted by molar-refractivity contribution is 14.0. The van der Waals surface area contributed by atoms with Crippen LogP contribution in [0.2, 0.25) is 0 Å². The molecule has 3 N–H and O–H groups in total. The Morgan fingerprint density at radius 1 is 1.10 bits per heavy atom. The van der Waals surface area contributed by atoms with Gasteiger partial charge in [-0.3, -0.25) is 4.79 Å². The zero-order valence-corrected chi connectivity index (χ0v) is 19.4. The van der Waals surface area contributed by atoms with Crippen LogP contribution in [0.5, 0.6) is 11.5 Å². The van der Waals surface area contributed by atoms with Crippen molar-refractivity contribution >= 4 is 41.5 Å². The summed E-state index contributed by atoms with van der Waals surface area (Å²) < 4.78 is 11.0. The molecule has 158 valence electrons. The Hall–Kier alpha value is -2.49. The predicted molar refractivity (Wildman–Crippen MR) is 127 cm³/mol. The van der Waals surface area contributed by atoms with Gasteiger partial charge in [0.05, 0.1) is 25.9 Å². The number of carbonyl (C=O) groups is 1. The Balaban J connectivity index is 0.00000420. The molecule has 0 aliphatic carbocycles. The number of rotatable bonds is 9. The molecule has 0 aromatic heterocycles. The van der Waals surface area contributed by atoms with E-state index in [9.17, 15) is 4.79 Å². The minimum atomic E-state index is -0.146. The maximum Gasteiger partial charge on any atom is 0.221 e. The molecular formula is C21H29IN4O3. The number of nitrogens with zero attached hydrogens (tertiary/aromatic N) is 1. The van der Waals surface area contributed by atoms with E-state index in [0.717, 1.165) is 17.9 Å². The van der Waals surface area contributed by atoms with Crippen molar-refractivity contribution in [2.24, 2.45) is 4.99 Å². The van der Waals surface area contributed by atoms with E-state index in [1.54, 1.807) is 7.11 Å². The third kappa shape index (κ3) is 9.03. The molecule has 0 saturated carbocycles. The second kappa shape index (κ2) is 13.6. The van der Waals surface area contributed by atoms with Crippen molar-refractivity contribution in [2.45, 2.75) is 20.4 Å².